The van der Waals surface area contributed by atoms with Gasteiger partial charge in [0, 0.05) is 31.3 Å². The second-order valence-corrected chi connectivity index (χ2v) is 7.70. The molecule has 3 heterocycles. The van der Waals surface area contributed by atoms with Crippen LogP contribution in [0.15, 0.2) is 22.7 Å². The molecule has 5 heteroatoms. The number of benzene rings is 1. The van der Waals surface area contributed by atoms with Crippen LogP contribution in [-0.4, -0.2) is 41.3 Å². The summed E-state index contributed by atoms with van der Waals surface area (Å²) in [5.41, 5.74) is 2.79. The highest BCUT2D eigenvalue weighted by atomic mass is 16.5. The van der Waals surface area contributed by atoms with Crippen molar-refractivity contribution in [2.24, 2.45) is 0 Å². The molecule has 1 aromatic heterocycles. The van der Waals surface area contributed by atoms with E-state index in [0.717, 1.165) is 50.0 Å². The van der Waals surface area contributed by atoms with Gasteiger partial charge < -0.3 is 14.2 Å². The maximum absolute atomic E-state index is 5.60. The zero-order valence-corrected chi connectivity index (χ0v) is 14.6. The molecule has 0 amide bonds. The third-order valence-electron chi connectivity index (χ3n) is 5.73. The topological polar surface area (TPSA) is 51.4 Å². The summed E-state index contributed by atoms with van der Waals surface area (Å²) in [6.07, 6.45) is 6.97. The van der Waals surface area contributed by atoms with Gasteiger partial charge in [0.2, 0.25) is 5.89 Å². The monoisotopic (exact) mass is 339 g/mol. The minimum Gasteiger partial charge on any atom is -0.493 e. The number of nitrogens with zero attached hydrogens (tertiary/aromatic N) is 3. The first-order valence-corrected chi connectivity index (χ1v) is 9.65. The Morgan fingerprint density at radius 3 is 3.04 bits per heavy atom. The Labute approximate surface area is 148 Å². The summed E-state index contributed by atoms with van der Waals surface area (Å²) in [4.78, 5) is 7.23. The van der Waals surface area contributed by atoms with E-state index in [4.69, 9.17) is 9.26 Å². The van der Waals surface area contributed by atoms with E-state index in [9.17, 15) is 0 Å². The SMILES string of the molecule is c1cc2c(cc1CCN1CCC[C@@H](c3noc(C4CC4)n3)C1)CCO2. The van der Waals surface area contributed by atoms with Crippen LogP contribution in [0.4, 0.5) is 0 Å². The van der Waals surface area contributed by atoms with Crippen LogP contribution in [0.25, 0.3) is 0 Å². The second-order valence-electron chi connectivity index (χ2n) is 7.70. The van der Waals surface area contributed by atoms with Gasteiger partial charge in [-0.05, 0) is 55.8 Å². The molecule has 1 atom stereocenters. The Morgan fingerprint density at radius 1 is 1.16 bits per heavy atom. The molecule has 2 aromatic rings. The van der Waals surface area contributed by atoms with Gasteiger partial charge >= 0.3 is 0 Å². The zero-order chi connectivity index (χ0) is 16.6. The van der Waals surface area contributed by atoms with Crippen molar-refractivity contribution in [1.29, 1.82) is 0 Å². The summed E-state index contributed by atoms with van der Waals surface area (Å²) < 4.78 is 11.1. The third kappa shape index (κ3) is 3.30. The number of hydrogen-bond acceptors (Lipinski definition) is 5. The summed E-state index contributed by atoms with van der Waals surface area (Å²) in [5.74, 6) is 3.85. The summed E-state index contributed by atoms with van der Waals surface area (Å²) in [7, 11) is 0. The summed E-state index contributed by atoms with van der Waals surface area (Å²) in [5, 5.41) is 4.27. The number of hydrogen-bond donors (Lipinski definition) is 0. The predicted molar refractivity (Wildman–Crippen MR) is 94.0 cm³/mol. The highest BCUT2D eigenvalue weighted by Gasteiger charge is 2.32. The van der Waals surface area contributed by atoms with E-state index in [1.54, 1.807) is 0 Å². The van der Waals surface area contributed by atoms with Crippen LogP contribution in [0.5, 0.6) is 5.75 Å². The molecular weight excluding hydrogens is 314 g/mol. The fraction of sp³-hybridized carbons (Fsp3) is 0.600. The smallest absolute Gasteiger partial charge is 0.229 e. The van der Waals surface area contributed by atoms with Crippen LogP contribution < -0.4 is 4.74 Å². The zero-order valence-electron chi connectivity index (χ0n) is 14.6. The molecule has 25 heavy (non-hydrogen) atoms. The van der Waals surface area contributed by atoms with Crippen molar-refractivity contribution in [2.45, 2.75) is 50.4 Å². The van der Waals surface area contributed by atoms with Crippen molar-refractivity contribution >= 4 is 0 Å². The fourth-order valence-electron chi connectivity index (χ4n) is 4.06. The molecule has 5 rings (SSSR count). The van der Waals surface area contributed by atoms with Crippen molar-refractivity contribution in [3.63, 3.8) is 0 Å². The van der Waals surface area contributed by atoms with Gasteiger partial charge in [0.25, 0.3) is 0 Å². The van der Waals surface area contributed by atoms with Gasteiger partial charge in [0.15, 0.2) is 5.82 Å². The number of aromatic nitrogens is 2. The van der Waals surface area contributed by atoms with E-state index < -0.39 is 0 Å². The number of ether oxygens (including phenoxy) is 1. The van der Waals surface area contributed by atoms with Crippen LogP contribution in [0, 0.1) is 0 Å². The van der Waals surface area contributed by atoms with Gasteiger partial charge in [-0.25, -0.2) is 0 Å². The Morgan fingerprint density at radius 2 is 2.12 bits per heavy atom. The van der Waals surface area contributed by atoms with Crippen molar-refractivity contribution < 1.29 is 9.26 Å². The predicted octanol–water partition coefficient (Wildman–Crippen LogP) is 3.30. The minimum absolute atomic E-state index is 0.429. The Kier molecular flexibility index (Phi) is 3.97. The lowest BCUT2D eigenvalue weighted by atomic mass is 9.97. The van der Waals surface area contributed by atoms with Gasteiger partial charge in [0.1, 0.15) is 5.75 Å². The standard InChI is InChI=1S/C20H25N3O2/c1-2-17(19-21-20(25-22-19)15-4-5-15)13-23(9-1)10-7-14-3-6-18-16(12-14)8-11-24-18/h3,6,12,15,17H,1-2,4-5,7-11,13H2/t17-/m1/s1. The summed E-state index contributed by atoms with van der Waals surface area (Å²) in [6.45, 7) is 4.17. The van der Waals surface area contributed by atoms with E-state index >= 15 is 0 Å². The normalized spacial score (nSPS) is 23.4. The van der Waals surface area contributed by atoms with Gasteiger partial charge in [-0.1, -0.05) is 17.3 Å². The number of likely N-dealkylation sites (tertiary alicyclic amines) is 1. The lowest BCUT2D eigenvalue weighted by Crippen LogP contribution is -2.36. The van der Waals surface area contributed by atoms with Crippen molar-refractivity contribution in [3.8, 4) is 5.75 Å². The van der Waals surface area contributed by atoms with Gasteiger partial charge in [-0.3, -0.25) is 0 Å². The largest absolute Gasteiger partial charge is 0.493 e. The van der Waals surface area contributed by atoms with E-state index in [-0.39, 0.29) is 0 Å². The third-order valence-corrected chi connectivity index (χ3v) is 5.73. The van der Waals surface area contributed by atoms with Crippen LogP contribution in [0.3, 0.4) is 0 Å². The lowest BCUT2D eigenvalue weighted by molar-refractivity contribution is 0.204. The van der Waals surface area contributed by atoms with Crippen LogP contribution in [0.2, 0.25) is 0 Å². The average Bonchev–Trinajstić information content (AvgIpc) is 3.20. The molecule has 1 aliphatic carbocycles. The van der Waals surface area contributed by atoms with Gasteiger partial charge in [-0.2, -0.15) is 4.98 Å². The molecule has 2 aliphatic heterocycles. The van der Waals surface area contributed by atoms with E-state index in [0.29, 0.717) is 11.8 Å². The first kappa shape index (κ1) is 15.4. The molecule has 3 aliphatic rings. The summed E-state index contributed by atoms with van der Waals surface area (Å²) in [6, 6.07) is 6.67. The lowest BCUT2D eigenvalue weighted by Gasteiger charge is -2.31. The van der Waals surface area contributed by atoms with Crippen molar-refractivity contribution in [1.82, 2.24) is 15.0 Å². The Hall–Kier alpha value is -1.88. The molecule has 0 unspecified atom stereocenters. The molecule has 1 saturated carbocycles. The molecule has 0 N–H and O–H groups in total. The molecule has 0 radical (unpaired) electrons. The van der Waals surface area contributed by atoms with E-state index in [2.05, 4.69) is 33.2 Å². The van der Waals surface area contributed by atoms with Gasteiger partial charge in [-0.15, -0.1) is 0 Å². The highest BCUT2D eigenvalue weighted by molar-refractivity contribution is 5.39. The Balaban J connectivity index is 1.19. The number of piperidine rings is 1. The maximum atomic E-state index is 5.60. The summed E-state index contributed by atoms with van der Waals surface area (Å²) >= 11 is 0. The maximum Gasteiger partial charge on any atom is 0.229 e. The molecular formula is C20H25N3O2. The number of fused-ring (bicyclic) bond motifs is 1. The van der Waals surface area contributed by atoms with E-state index in [1.165, 1.54) is 43.4 Å². The molecule has 1 saturated heterocycles. The van der Waals surface area contributed by atoms with Crippen LogP contribution in [-0.2, 0) is 12.8 Å². The fourth-order valence-corrected chi connectivity index (χ4v) is 4.06. The Bertz CT molecular complexity index is 753. The molecule has 5 nitrogen and oxygen atoms in total. The molecule has 0 spiro atoms. The second kappa shape index (κ2) is 6.45. The van der Waals surface area contributed by atoms with Crippen LogP contribution >= 0.6 is 0 Å². The van der Waals surface area contributed by atoms with Gasteiger partial charge in [0.05, 0.1) is 6.61 Å². The number of rotatable bonds is 5. The van der Waals surface area contributed by atoms with Crippen molar-refractivity contribution in [3.05, 3.63) is 41.0 Å². The van der Waals surface area contributed by atoms with E-state index in [1.807, 2.05) is 0 Å². The molecule has 2 fully saturated rings. The molecule has 0 bridgehead atoms. The molecule has 1 aromatic carbocycles. The quantitative estimate of drug-likeness (QED) is 0.836. The van der Waals surface area contributed by atoms with Crippen molar-refractivity contribution in [2.75, 3.05) is 26.2 Å². The molecule has 132 valence electrons. The highest BCUT2D eigenvalue weighted by Crippen LogP contribution is 2.39. The average molecular weight is 339 g/mol. The van der Waals surface area contributed by atoms with Crippen LogP contribution in [0.1, 0.15) is 60.4 Å². The minimum atomic E-state index is 0.429. The first-order valence-electron chi connectivity index (χ1n) is 9.65. The first-order chi connectivity index (χ1) is 12.3.